The summed E-state index contributed by atoms with van der Waals surface area (Å²) < 4.78 is 14.5. The predicted octanol–water partition coefficient (Wildman–Crippen LogP) is 3.82. The van der Waals surface area contributed by atoms with Gasteiger partial charge < -0.3 is 5.32 Å². The fourth-order valence-electron chi connectivity index (χ4n) is 3.36. The van der Waals surface area contributed by atoms with Gasteiger partial charge in [0.1, 0.15) is 5.82 Å². The SMILES string of the molecule is CCN(CC)C(C)(C)C(NC)c1c(C)cc(C)cc1F. The van der Waals surface area contributed by atoms with E-state index in [1.54, 1.807) is 6.07 Å². The quantitative estimate of drug-likeness (QED) is 0.852. The van der Waals surface area contributed by atoms with E-state index in [0.29, 0.717) is 0 Å². The molecule has 0 saturated carbocycles. The lowest BCUT2D eigenvalue weighted by Gasteiger charge is -2.44. The maximum atomic E-state index is 14.5. The molecule has 114 valence electrons. The van der Waals surface area contributed by atoms with Crippen LogP contribution in [0.15, 0.2) is 12.1 Å². The van der Waals surface area contributed by atoms with Crippen molar-refractivity contribution in [2.24, 2.45) is 0 Å². The molecule has 1 N–H and O–H groups in total. The molecule has 0 saturated heterocycles. The standard InChI is InChI=1S/C17H29FN2/c1-8-20(9-2)17(5,6)16(19-7)15-13(4)10-12(3)11-14(15)18/h10-11,16,19H,8-9H2,1-7H3. The molecular formula is C17H29FN2. The van der Waals surface area contributed by atoms with E-state index in [0.717, 1.165) is 29.8 Å². The third kappa shape index (κ3) is 3.21. The van der Waals surface area contributed by atoms with E-state index < -0.39 is 0 Å². The summed E-state index contributed by atoms with van der Waals surface area (Å²) in [4.78, 5) is 2.37. The highest BCUT2D eigenvalue weighted by molar-refractivity contribution is 5.36. The summed E-state index contributed by atoms with van der Waals surface area (Å²) in [5.41, 5.74) is 2.62. The molecule has 0 aliphatic carbocycles. The van der Waals surface area contributed by atoms with E-state index in [1.807, 2.05) is 20.9 Å². The first-order chi connectivity index (χ1) is 9.29. The largest absolute Gasteiger partial charge is 0.311 e. The van der Waals surface area contributed by atoms with E-state index in [2.05, 4.69) is 44.0 Å². The Morgan fingerprint density at radius 3 is 2.15 bits per heavy atom. The predicted molar refractivity (Wildman–Crippen MR) is 84.7 cm³/mol. The van der Waals surface area contributed by atoms with Crippen molar-refractivity contribution in [1.29, 1.82) is 0 Å². The molecule has 1 aromatic rings. The summed E-state index contributed by atoms with van der Waals surface area (Å²) >= 11 is 0. The van der Waals surface area contributed by atoms with Crippen LogP contribution in [0.25, 0.3) is 0 Å². The second kappa shape index (κ2) is 6.68. The molecule has 0 radical (unpaired) electrons. The molecule has 0 heterocycles. The second-order valence-corrected chi connectivity index (χ2v) is 6.02. The maximum Gasteiger partial charge on any atom is 0.128 e. The van der Waals surface area contributed by atoms with Crippen molar-refractivity contribution in [3.8, 4) is 0 Å². The number of rotatable bonds is 6. The van der Waals surface area contributed by atoms with E-state index in [4.69, 9.17) is 0 Å². The number of nitrogens with one attached hydrogen (secondary N) is 1. The summed E-state index contributed by atoms with van der Waals surface area (Å²) in [5.74, 6) is -0.109. The zero-order chi connectivity index (χ0) is 15.5. The van der Waals surface area contributed by atoms with E-state index >= 15 is 0 Å². The normalized spacial score (nSPS) is 13.8. The molecule has 20 heavy (non-hydrogen) atoms. The first kappa shape index (κ1) is 17.1. The first-order valence-electron chi connectivity index (χ1n) is 7.48. The van der Waals surface area contributed by atoms with Gasteiger partial charge >= 0.3 is 0 Å². The van der Waals surface area contributed by atoms with Gasteiger partial charge in [0.25, 0.3) is 0 Å². The maximum absolute atomic E-state index is 14.5. The summed E-state index contributed by atoms with van der Waals surface area (Å²) in [6.45, 7) is 14.5. The van der Waals surface area contributed by atoms with Gasteiger partial charge in [-0.15, -0.1) is 0 Å². The van der Waals surface area contributed by atoms with Gasteiger partial charge in [-0.25, -0.2) is 4.39 Å². The third-order valence-corrected chi connectivity index (χ3v) is 4.34. The molecule has 3 heteroatoms. The Hall–Kier alpha value is -0.930. The number of likely N-dealkylation sites (N-methyl/N-ethyl adjacent to an activating group) is 2. The number of halogens is 1. The van der Waals surface area contributed by atoms with Gasteiger partial charge in [-0.05, 0) is 65.0 Å². The minimum Gasteiger partial charge on any atom is -0.311 e. The molecule has 0 aromatic heterocycles. The van der Waals surface area contributed by atoms with Gasteiger partial charge in [-0.1, -0.05) is 19.9 Å². The smallest absolute Gasteiger partial charge is 0.128 e. The fourth-order valence-corrected chi connectivity index (χ4v) is 3.36. The number of aryl methyl sites for hydroxylation is 2. The topological polar surface area (TPSA) is 15.3 Å². The number of nitrogens with zero attached hydrogens (tertiary/aromatic N) is 1. The Morgan fingerprint density at radius 2 is 1.75 bits per heavy atom. The van der Waals surface area contributed by atoms with E-state index in [9.17, 15) is 4.39 Å². The average molecular weight is 280 g/mol. The van der Waals surface area contributed by atoms with Crippen LogP contribution in [0.2, 0.25) is 0 Å². The highest BCUT2D eigenvalue weighted by Gasteiger charge is 2.36. The fraction of sp³-hybridized carbons (Fsp3) is 0.647. The Kier molecular flexibility index (Phi) is 5.72. The van der Waals surface area contributed by atoms with Crippen molar-refractivity contribution < 1.29 is 4.39 Å². The highest BCUT2D eigenvalue weighted by Crippen LogP contribution is 2.34. The Balaban J connectivity index is 3.33. The van der Waals surface area contributed by atoms with Gasteiger partial charge in [0.2, 0.25) is 0 Å². The zero-order valence-corrected chi connectivity index (χ0v) is 14.0. The lowest BCUT2D eigenvalue weighted by molar-refractivity contribution is 0.0927. The Morgan fingerprint density at radius 1 is 1.20 bits per heavy atom. The molecule has 0 aliphatic heterocycles. The van der Waals surface area contributed by atoms with Gasteiger partial charge in [-0.3, -0.25) is 4.90 Å². The summed E-state index contributed by atoms with van der Waals surface area (Å²) in [6.07, 6.45) is 0. The van der Waals surface area contributed by atoms with Crippen LogP contribution in [0.1, 0.15) is 50.4 Å². The molecule has 0 amide bonds. The van der Waals surface area contributed by atoms with E-state index in [-0.39, 0.29) is 17.4 Å². The van der Waals surface area contributed by atoms with Gasteiger partial charge in [0.15, 0.2) is 0 Å². The van der Waals surface area contributed by atoms with Crippen LogP contribution in [0.5, 0.6) is 0 Å². The molecule has 0 aliphatic rings. The molecule has 0 bridgehead atoms. The van der Waals surface area contributed by atoms with Crippen LogP contribution in [0.4, 0.5) is 4.39 Å². The highest BCUT2D eigenvalue weighted by atomic mass is 19.1. The third-order valence-electron chi connectivity index (χ3n) is 4.34. The monoisotopic (exact) mass is 280 g/mol. The van der Waals surface area contributed by atoms with Crippen LogP contribution >= 0.6 is 0 Å². The van der Waals surface area contributed by atoms with Crippen LogP contribution in [0, 0.1) is 19.7 Å². The molecule has 0 fully saturated rings. The lowest BCUT2D eigenvalue weighted by atomic mass is 9.84. The van der Waals surface area contributed by atoms with Crippen molar-refractivity contribution in [3.63, 3.8) is 0 Å². The van der Waals surface area contributed by atoms with Crippen molar-refractivity contribution in [3.05, 3.63) is 34.6 Å². The molecule has 0 spiro atoms. The lowest BCUT2D eigenvalue weighted by Crippen LogP contribution is -2.52. The van der Waals surface area contributed by atoms with E-state index in [1.165, 1.54) is 0 Å². The van der Waals surface area contributed by atoms with Crippen LogP contribution in [-0.2, 0) is 0 Å². The van der Waals surface area contributed by atoms with Crippen LogP contribution < -0.4 is 5.32 Å². The summed E-state index contributed by atoms with van der Waals surface area (Å²) in [6, 6.07) is 3.65. The number of benzene rings is 1. The van der Waals surface area contributed by atoms with Crippen molar-refractivity contribution in [2.75, 3.05) is 20.1 Å². The van der Waals surface area contributed by atoms with Crippen LogP contribution in [-0.4, -0.2) is 30.6 Å². The van der Waals surface area contributed by atoms with Crippen molar-refractivity contribution >= 4 is 0 Å². The molecule has 1 unspecified atom stereocenters. The molecule has 1 rings (SSSR count). The Labute approximate surface area is 123 Å². The summed E-state index contributed by atoms with van der Waals surface area (Å²) in [5, 5.41) is 3.33. The minimum absolute atomic E-state index is 0.0389. The second-order valence-electron chi connectivity index (χ2n) is 6.02. The van der Waals surface area contributed by atoms with Gasteiger partial charge in [0, 0.05) is 11.1 Å². The molecular weight excluding hydrogens is 251 g/mol. The number of hydrogen-bond donors (Lipinski definition) is 1. The molecule has 1 atom stereocenters. The van der Waals surface area contributed by atoms with Gasteiger partial charge in [-0.2, -0.15) is 0 Å². The van der Waals surface area contributed by atoms with Crippen LogP contribution in [0.3, 0.4) is 0 Å². The average Bonchev–Trinajstić information content (AvgIpc) is 2.34. The minimum atomic E-state index is -0.154. The van der Waals surface area contributed by atoms with Crippen molar-refractivity contribution in [2.45, 2.75) is 53.1 Å². The number of hydrogen-bond acceptors (Lipinski definition) is 2. The first-order valence-corrected chi connectivity index (χ1v) is 7.48. The molecule has 2 nitrogen and oxygen atoms in total. The Bertz CT molecular complexity index is 427. The molecule has 1 aromatic carbocycles. The van der Waals surface area contributed by atoms with Crippen molar-refractivity contribution in [1.82, 2.24) is 10.2 Å². The summed E-state index contributed by atoms with van der Waals surface area (Å²) in [7, 11) is 1.91. The van der Waals surface area contributed by atoms with Gasteiger partial charge in [0.05, 0.1) is 6.04 Å². The zero-order valence-electron chi connectivity index (χ0n) is 14.0.